The summed E-state index contributed by atoms with van der Waals surface area (Å²) in [6, 6.07) is 18.1. The van der Waals surface area contributed by atoms with Gasteiger partial charge in [0, 0.05) is 31.3 Å². The van der Waals surface area contributed by atoms with Crippen molar-refractivity contribution in [1.82, 2.24) is 0 Å². The van der Waals surface area contributed by atoms with Crippen molar-refractivity contribution >= 4 is 5.97 Å². The van der Waals surface area contributed by atoms with Crippen LogP contribution in [0.25, 0.3) is 0 Å². The molecule has 8 bridgehead atoms. The van der Waals surface area contributed by atoms with Crippen LogP contribution in [0.15, 0.2) is 60.7 Å². The number of carbonyl (C=O) groups is 1. The first-order chi connectivity index (χ1) is 31.7. The second-order valence-electron chi connectivity index (χ2n) is 17.6. The minimum atomic E-state index is -0.457. The van der Waals surface area contributed by atoms with Crippen molar-refractivity contribution in [1.29, 1.82) is 0 Å². The van der Waals surface area contributed by atoms with E-state index >= 15 is 0 Å². The summed E-state index contributed by atoms with van der Waals surface area (Å²) in [6.07, 6.45) is 13.9. The van der Waals surface area contributed by atoms with Crippen molar-refractivity contribution in [2.45, 2.75) is 137 Å². The number of rotatable bonds is 26. The van der Waals surface area contributed by atoms with Crippen molar-refractivity contribution < 1.29 is 43.8 Å². The lowest BCUT2D eigenvalue weighted by Crippen LogP contribution is -2.15. The number of hydrogen-bond donors (Lipinski definition) is 3. The molecule has 1 aliphatic carbocycles. The molecule has 0 heterocycles. The molecule has 4 aromatic carbocycles. The maximum Gasteiger partial charge on any atom is 0.333 e. The molecule has 0 atom stereocenters. The van der Waals surface area contributed by atoms with Gasteiger partial charge in [-0.05, 0) is 125 Å². The third-order valence-electron chi connectivity index (χ3n) is 11.9. The van der Waals surface area contributed by atoms with Crippen LogP contribution in [0.3, 0.4) is 0 Å². The van der Waals surface area contributed by atoms with Crippen LogP contribution in [0.2, 0.25) is 0 Å². The van der Waals surface area contributed by atoms with Crippen molar-refractivity contribution in [2.24, 2.45) is 0 Å². The Bertz CT molecular complexity index is 2040. The molecule has 0 radical (unpaired) electrons. The molecule has 0 saturated carbocycles. The second kappa shape index (κ2) is 27.0. The highest BCUT2D eigenvalue weighted by atomic mass is 16.6. The van der Waals surface area contributed by atoms with Gasteiger partial charge >= 0.3 is 5.97 Å². The minimum absolute atomic E-state index is 0.0594. The Morgan fingerprint density at radius 3 is 0.908 bits per heavy atom. The first-order valence-electron chi connectivity index (χ1n) is 24.4. The molecule has 5 rings (SSSR count). The summed E-state index contributed by atoms with van der Waals surface area (Å²) in [5.41, 5.74) is 13.2. The Hall–Kier alpha value is -4.83. The van der Waals surface area contributed by atoms with E-state index in [-0.39, 0.29) is 52.9 Å². The molecule has 0 saturated heterocycles. The van der Waals surface area contributed by atoms with Crippen LogP contribution in [0.4, 0.5) is 0 Å². The molecule has 354 valence electrons. The van der Waals surface area contributed by atoms with Gasteiger partial charge in [-0.25, -0.2) is 4.79 Å². The zero-order chi connectivity index (χ0) is 46.6. The van der Waals surface area contributed by atoms with Crippen molar-refractivity contribution in [2.75, 3.05) is 52.9 Å². The van der Waals surface area contributed by atoms with Crippen LogP contribution in [0.1, 0.15) is 153 Å². The van der Waals surface area contributed by atoms with Crippen molar-refractivity contribution in [3.05, 3.63) is 127 Å². The molecule has 0 aromatic heterocycles. The first-order valence-corrected chi connectivity index (χ1v) is 24.4. The van der Waals surface area contributed by atoms with E-state index in [1.807, 2.05) is 0 Å². The van der Waals surface area contributed by atoms with Crippen LogP contribution in [-0.2, 0) is 60.9 Å². The van der Waals surface area contributed by atoms with Crippen molar-refractivity contribution in [3.8, 4) is 23.0 Å². The number of hydrogen-bond acceptors (Lipinski definition) is 9. The van der Waals surface area contributed by atoms with E-state index in [4.69, 9.17) is 23.7 Å². The van der Waals surface area contributed by atoms with Crippen LogP contribution in [0.5, 0.6) is 23.0 Å². The van der Waals surface area contributed by atoms with E-state index in [0.717, 1.165) is 145 Å². The molecular weight excluding hydrogens is 817 g/mol. The number of fused-ring (bicyclic) bond motifs is 8. The molecule has 0 fully saturated rings. The minimum Gasteiger partial charge on any atom is -0.491 e. The summed E-state index contributed by atoms with van der Waals surface area (Å²) in [5.74, 6) is 2.51. The van der Waals surface area contributed by atoms with Crippen LogP contribution >= 0.6 is 0 Å². The zero-order valence-electron chi connectivity index (χ0n) is 40.1. The monoisotopic (exact) mass is 893 g/mol. The van der Waals surface area contributed by atoms with Gasteiger partial charge in [-0.2, -0.15) is 0 Å². The summed E-state index contributed by atoms with van der Waals surface area (Å²) >= 11 is 0. The Balaban J connectivity index is 1.89. The van der Waals surface area contributed by atoms with E-state index in [1.54, 1.807) is 6.92 Å². The average Bonchev–Trinajstić information content (AvgIpc) is 3.29. The lowest BCUT2D eigenvalue weighted by Gasteiger charge is -2.25. The third-order valence-corrected chi connectivity index (χ3v) is 11.9. The normalized spacial score (nSPS) is 12.2. The van der Waals surface area contributed by atoms with Gasteiger partial charge in [0.15, 0.2) is 0 Å². The standard InChI is InChI=1S/C56H76O9/c1-7-11-15-40-27-44-35-46-29-41(16-12-8-2)31-48(53(46)62-23-20-58)37-50-33-43(18-14-10-4)34-51(55(50)64-25-26-65-56(60)39(5)6)38-49-32-42(17-13-9-3)30-47(54(49)63-24-21-59)36-45(28-40)52(44)61-22-19-57/h27-34,57-59H,5,7-26,35-38H2,1-4,6H3. The van der Waals surface area contributed by atoms with Gasteiger partial charge in [-0.15, -0.1) is 0 Å². The van der Waals surface area contributed by atoms with Gasteiger partial charge < -0.3 is 39.0 Å². The van der Waals surface area contributed by atoms with Gasteiger partial charge in [0.25, 0.3) is 0 Å². The van der Waals surface area contributed by atoms with Gasteiger partial charge in [-0.1, -0.05) is 108 Å². The number of aliphatic hydroxyl groups is 3. The number of esters is 1. The van der Waals surface area contributed by atoms with Gasteiger partial charge in [0.1, 0.15) is 56.0 Å². The lowest BCUT2D eigenvalue weighted by atomic mass is 9.87. The summed E-state index contributed by atoms with van der Waals surface area (Å²) in [7, 11) is 0. The van der Waals surface area contributed by atoms with Crippen LogP contribution < -0.4 is 18.9 Å². The van der Waals surface area contributed by atoms with E-state index in [9.17, 15) is 20.1 Å². The van der Waals surface area contributed by atoms with E-state index < -0.39 is 5.97 Å². The SMILES string of the molecule is C=C(C)C(=O)OCCOc1c2cc(CCCC)cc1Cc1cc(CCCC)cc(c1OCCO)Cc1cc(CCCC)cc(c1OCCO)Cc1cc(CCCC)cc(c1OCCO)C2. The predicted molar refractivity (Wildman–Crippen MR) is 260 cm³/mol. The molecule has 0 aliphatic heterocycles. The molecule has 9 nitrogen and oxygen atoms in total. The van der Waals surface area contributed by atoms with Gasteiger partial charge in [-0.3, -0.25) is 0 Å². The summed E-state index contributed by atoms with van der Waals surface area (Å²) in [4.78, 5) is 12.5. The Morgan fingerprint density at radius 1 is 0.446 bits per heavy atom. The summed E-state index contributed by atoms with van der Waals surface area (Å²) < 4.78 is 32.2. The van der Waals surface area contributed by atoms with Crippen LogP contribution in [-0.4, -0.2) is 74.1 Å². The number of ether oxygens (including phenoxy) is 5. The highest BCUT2D eigenvalue weighted by molar-refractivity contribution is 5.86. The van der Waals surface area contributed by atoms with E-state index in [0.29, 0.717) is 31.3 Å². The highest BCUT2D eigenvalue weighted by Crippen LogP contribution is 2.41. The highest BCUT2D eigenvalue weighted by Gasteiger charge is 2.25. The Morgan fingerprint density at radius 2 is 0.692 bits per heavy atom. The maximum absolute atomic E-state index is 12.5. The third kappa shape index (κ3) is 14.8. The maximum atomic E-state index is 12.5. The predicted octanol–water partition coefficient (Wildman–Crippen LogP) is 10.3. The first kappa shape index (κ1) is 51.2. The smallest absolute Gasteiger partial charge is 0.333 e. The summed E-state index contributed by atoms with van der Waals surface area (Å²) in [6.45, 7) is 14.4. The Kier molecular flexibility index (Phi) is 21.2. The van der Waals surface area contributed by atoms with Crippen LogP contribution in [0, 0.1) is 0 Å². The number of aryl methyl sites for hydroxylation is 4. The van der Waals surface area contributed by atoms with E-state index in [1.165, 1.54) is 22.3 Å². The fraction of sp³-hybridized carbons (Fsp3) is 0.518. The average molecular weight is 893 g/mol. The fourth-order valence-electron chi connectivity index (χ4n) is 8.86. The topological polar surface area (TPSA) is 124 Å². The number of benzene rings is 4. The van der Waals surface area contributed by atoms with Gasteiger partial charge in [0.05, 0.1) is 19.8 Å². The van der Waals surface area contributed by atoms with E-state index in [2.05, 4.69) is 82.8 Å². The molecule has 4 aromatic rings. The second-order valence-corrected chi connectivity index (χ2v) is 17.6. The number of carbonyl (C=O) groups excluding carboxylic acids is 1. The van der Waals surface area contributed by atoms with Gasteiger partial charge in [0.2, 0.25) is 0 Å². The largest absolute Gasteiger partial charge is 0.491 e. The lowest BCUT2D eigenvalue weighted by molar-refractivity contribution is -0.139. The fourth-order valence-corrected chi connectivity index (χ4v) is 8.86. The molecule has 0 amide bonds. The van der Waals surface area contributed by atoms with Crippen molar-refractivity contribution in [3.63, 3.8) is 0 Å². The molecule has 9 heteroatoms. The zero-order valence-corrected chi connectivity index (χ0v) is 40.1. The molecule has 3 N–H and O–H groups in total. The summed E-state index contributed by atoms with van der Waals surface area (Å²) in [5, 5.41) is 30.6. The molecule has 65 heavy (non-hydrogen) atoms. The Labute approximate surface area is 389 Å². The molecule has 1 aliphatic rings. The molecule has 0 unspecified atom stereocenters. The molecular formula is C56H76O9. The quantitative estimate of drug-likeness (QED) is 0.0283. The number of aliphatic hydroxyl groups excluding tert-OH is 3. The molecule has 0 spiro atoms. The number of unbranched alkanes of at least 4 members (excludes halogenated alkanes) is 4.